The van der Waals surface area contributed by atoms with Gasteiger partial charge in [-0.05, 0) is 12.8 Å². The summed E-state index contributed by atoms with van der Waals surface area (Å²) in [6.07, 6.45) is 2.59. The first-order valence-electron chi connectivity index (χ1n) is 3.71. The van der Waals surface area contributed by atoms with Gasteiger partial charge in [-0.2, -0.15) is 23.5 Å². The second-order valence-electron chi connectivity index (χ2n) is 2.41. The Morgan fingerprint density at radius 1 is 1.40 bits per heavy atom. The first kappa shape index (κ1) is 9.14. The van der Waals surface area contributed by atoms with Gasteiger partial charge >= 0.3 is 0 Å². The molecule has 0 spiro atoms. The highest BCUT2D eigenvalue weighted by molar-refractivity contribution is 8.06. The van der Waals surface area contributed by atoms with Crippen LogP contribution in [-0.4, -0.2) is 28.3 Å². The Kier molecular flexibility index (Phi) is 5.18. The first-order chi connectivity index (χ1) is 4.93. The van der Waals surface area contributed by atoms with E-state index in [0.29, 0.717) is 0 Å². The summed E-state index contributed by atoms with van der Waals surface area (Å²) in [5.74, 6) is 5.02. The van der Waals surface area contributed by atoms with Gasteiger partial charge in [-0.1, -0.05) is 12.6 Å². The molecule has 0 bridgehead atoms. The minimum atomic E-state index is 0.918. The molecule has 1 radical (unpaired) electrons. The Morgan fingerprint density at radius 3 is 2.90 bits per heavy atom. The third-order valence-corrected chi connectivity index (χ3v) is 4.76. The van der Waals surface area contributed by atoms with E-state index in [2.05, 4.69) is 23.5 Å². The van der Waals surface area contributed by atoms with Crippen LogP contribution in [0.3, 0.4) is 0 Å². The molecule has 0 aromatic rings. The topological polar surface area (TPSA) is 0 Å². The van der Waals surface area contributed by atoms with Gasteiger partial charge in [0.2, 0.25) is 0 Å². The predicted molar refractivity (Wildman–Crippen MR) is 55.3 cm³/mol. The lowest BCUT2D eigenvalue weighted by Gasteiger charge is -2.19. The summed E-state index contributed by atoms with van der Waals surface area (Å²) in [5, 5.41) is 0.918. The predicted octanol–water partition coefficient (Wildman–Crippen LogP) is 2.81. The zero-order valence-electron chi connectivity index (χ0n) is 6.04. The minimum Gasteiger partial charge on any atom is -0.160 e. The van der Waals surface area contributed by atoms with Crippen LogP contribution in [-0.2, 0) is 0 Å². The Hall–Kier alpha value is 1.05. The van der Waals surface area contributed by atoms with Crippen molar-refractivity contribution in [2.24, 2.45) is 0 Å². The Labute approximate surface area is 77.3 Å². The van der Waals surface area contributed by atoms with Crippen LogP contribution in [0.2, 0.25) is 0 Å². The van der Waals surface area contributed by atoms with Gasteiger partial charge in [-0.25, -0.2) is 0 Å². The highest BCUT2D eigenvalue weighted by Gasteiger charge is 2.12. The molecule has 0 nitrogen and oxygen atoms in total. The largest absolute Gasteiger partial charge is 0.160 e. The molecule has 0 aromatic heterocycles. The van der Waals surface area contributed by atoms with Crippen LogP contribution in [0.25, 0.3) is 0 Å². The van der Waals surface area contributed by atoms with E-state index in [1.807, 2.05) is 0 Å². The van der Waals surface area contributed by atoms with Crippen LogP contribution in [0.4, 0.5) is 0 Å². The van der Waals surface area contributed by atoms with E-state index in [-0.39, 0.29) is 0 Å². The van der Waals surface area contributed by atoms with Crippen LogP contribution in [0.1, 0.15) is 12.8 Å². The van der Waals surface area contributed by atoms with Gasteiger partial charge in [0.1, 0.15) is 0 Å². The molecule has 1 aliphatic heterocycles. The van der Waals surface area contributed by atoms with Crippen molar-refractivity contribution in [1.29, 1.82) is 0 Å². The maximum Gasteiger partial charge on any atom is 0.0138 e. The van der Waals surface area contributed by atoms with Crippen molar-refractivity contribution in [2.75, 3.05) is 23.0 Å². The molecule has 1 saturated heterocycles. The molecule has 0 aliphatic carbocycles. The van der Waals surface area contributed by atoms with Gasteiger partial charge in [0, 0.05) is 28.3 Å². The van der Waals surface area contributed by atoms with E-state index in [4.69, 9.17) is 12.6 Å². The molecule has 3 heteroatoms. The van der Waals surface area contributed by atoms with Crippen LogP contribution in [0.5, 0.6) is 0 Å². The smallest absolute Gasteiger partial charge is 0.0138 e. The molecule has 1 unspecified atom stereocenters. The standard InChI is InChI=1S/C7H13S3/c8-3-1-2-7-6-9-4-5-10-7/h7H,1-6H2. The van der Waals surface area contributed by atoms with Crippen LogP contribution in [0, 0.1) is 0 Å². The Balaban J connectivity index is 2.02. The van der Waals surface area contributed by atoms with Crippen LogP contribution >= 0.6 is 36.2 Å². The third-order valence-electron chi connectivity index (χ3n) is 1.56. The summed E-state index contributed by atoms with van der Waals surface area (Å²) in [5.41, 5.74) is 0. The van der Waals surface area contributed by atoms with E-state index in [9.17, 15) is 0 Å². The third kappa shape index (κ3) is 3.44. The molecule has 0 N–H and O–H groups in total. The summed E-state index contributed by atoms with van der Waals surface area (Å²) < 4.78 is 0. The van der Waals surface area contributed by atoms with E-state index in [1.165, 1.54) is 30.1 Å². The van der Waals surface area contributed by atoms with E-state index in [1.54, 1.807) is 0 Å². The lowest BCUT2D eigenvalue weighted by atomic mass is 10.3. The molecule has 1 fully saturated rings. The maximum atomic E-state index is 4.90. The van der Waals surface area contributed by atoms with Gasteiger partial charge in [0.05, 0.1) is 0 Å². The fraction of sp³-hybridized carbons (Fsp3) is 1.00. The number of thioether (sulfide) groups is 2. The van der Waals surface area contributed by atoms with Crippen LogP contribution < -0.4 is 0 Å². The van der Waals surface area contributed by atoms with E-state index in [0.717, 1.165) is 11.0 Å². The average Bonchev–Trinajstić information content (AvgIpc) is 2.03. The molecule has 1 heterocycles. The van der Waals surface area contributed by atoms with E-state index < -0.39 is 0 Å². The lowest BCUT2D eigenvalue weighted by molar-refractivity contribution is 0.800. The van der Waals surface area contributed by atoms with Crippen molar-refractivity contribution in [3.8, 4) is 0 Å². The number of hydrogen-bond donors (Lipinski definition) is 0. The SMILES string of the molecule is [S]CCCC1CSCCS1. The van der Waals surface area contributed by atoms with Crippen LogP contribution in [0.15, 0.2) is 0 Å². The van der Waals surface area contributed by atoms with Crippen molar-refractivity contribution in [3.63, 3.8) is 0 Å². The van der Waals surface area contributed by atoms with Crippen molar-refractivity contribution >= 4 is 36.2 Å². The summed E-state index contributed by atoms with van der Waals surface area (Å²) in [7, 11) is 0. The quantitative estimate of drug-likeness (QED) is 0.676. The molecule has 0 aromatic carbocycles. The van der Waals surface area contributed by atoms with Gasteiger partial charge in [-0.3, -0.25) is 0 Å². The zero-order valence-corrected chi connectivity index (χ0v) is 8.49. The fourth-order valence-corrected chi connectivity index (χ4v) is 3.97. The maximum absolute atomic E-state index is 4.90. The molecule has 59 valence electrons. The van der Waals surface area contributed by atoms with Crippen molar-refractivity contribution in [1.82, 2.24) is 0 Å². The van der Waals surface area contributed by atoms with Gasteiger partial charge in [-0.15, -0.1) is 0 Å². The minimum absolute atomic E-state index is 0.918. The highest BCUT2D eigenvalue weighted by atomic mass is 32.2. The van der Waals surface area contributed by atoms with Crippen molar-refractivity contribution < 1.29 is 0 Å². The zero-order chi connectivity index (χ0) is 7.23. The van der Waals surface area contributed by atoms with Gasteiger partial charge < -0.3 is 0 Å². The van der Waals surface area contributed by atoms with Crippen molar-refractivity contribution in [2.45, 2.75) is 18.1 Å². The molecule has 1 rings (SSSR count). The molecule has 1 aliphatic rings. The summed E-state index contributed by atoms with van der Waals surface area (Å²) in [6, 6.07) is 0. The summed E-state index contributed by atoms with van der Waals surface area (Å²) >= 11 is 9.14. The monoisotopic (exact) mass is 193 g/mol. The first-order valence-corrected chi connectivity index (χ1v) is 6.49. The number of rotatable bonds is 3. The van der Waals surface area contributed by atoms with E-state index >= 15 is 0 Å². The number of hydrogen-bond acceptors (Lipinski definition) is 2. The molecule has 1 atom stereocenters. The Morgan fingerprint density at radius 2 is 2.30 bits per heavy atom. The summed E-state index contributed by atoms with van der Waals surface area (Å²) in [6.45, 7) is 0. The lowest BCUT2D eigenvalue weighted by Crippen LogP contribution is -2.13. The fourth-order valence-electron chi connectivity index (χ4n) is 1.01. The van der Waals surface area contributed by atoms with Gasteiger partial charge in [0.15, 0.2) is 0 Å². The second-order valence-corrected chi connectivity index (χ2v) is 5.38. The molecular weight excluding hydrogens is 180 g/mol. The van der Waals surface area contributed by atoms with Crippen molar-refractivity contribution in [3.05, 3.63) is 0 Å². The molecule has 0 amide bonds. The second kappa shape index (κ2) is 5.67. The molecule has 0 saturated carbocycles. The Bertz CT molecular complexity index is 78.9. The molecular formula is C7H13S3. The molecule has 10 heavy (non-hydrogen) atoms. The van der Waals surface area contributed by atoms with Gasteiger partial charge in [0.25, 0.3) is 0 Å². The summed E-state index contributed by atoms with van der Waals surface area (Å²) in [4.78, 5) is 0. The average molecular weight is 193 g/mol. The highest BCUT2D eigenvalue weighted by Crippen LogP contribution is 2.26. The normalized spacial score (nSPS) is 26.7.